The lowest BCUT2D eigenvalue weighted by Crippen LogP contribution is -2.41. The second kappa shape index (κ2) is 7.21. The van der Waals surface area contributed by atoms with Crippen LogP contribution in [0.3, 0.4) is 0 Å². The first-order valence-electron chi connectivity index (χ1n) is 7.00. The van der Waals surface area contributed by atoms with Crippen LogP contribution in [0, 0.1) is 0 Å². The Hall–Kier alpha value is -1.66. The molecule has 1 fully saturated rings. The number of morpholine rings is 1. The first-order valence-corrected chi connectivity index (χ1v) is 7.00. The molecule has 1 aromatic rings. The number of nitrogens with zero attached hydrogens (tertiary/aromatic N) is 1. The van der Waals surface area contributed by atoms with Gasteiger partial charge in [-0.05, 0) is 12.5 Å². The summed E-state index contributed by atoms with van der Waals surface area (Å²) < 4.78 is 5.27. The summed E-state index contributed by atoms with van der Waals surface area (Å²) in [5, 5.41) is 2.85. The average molecular weight is 279 g/mol. The van der Waals surface area contributed by atoms with Gasteiger partial charge in [-0.1, -0.05) is 6.92 Å². The van der Waals surface area contributed by atoms with Crippen molar-refractivity contribution in [2.24, 2.45) is 0 Å². The van der Waals surface area contributed by atoms with E-state index in [0.29, 0.717) is 18.5 Å². The largest absolute Gasteiger partial charge is 0.379 e. The van der Waals surface area contributed by atoms with E-state index in [2.05, 4.69) is 15.2 Å². The lowest BCUT2D eigenvalue weighted by molar-refractivity contribution is 0.0383. The molecule has 2 heterocycles. The van der Waals surface area contributed by atoms with Gasteiger partial charge in [0.25, 0.3) is 5.91 Å². The first-order chi connectivity index (χ1) is 9.69. The van der Waals surface area contributed by atoms with Gasteiger partial charge in [0, 0.05) is 43.5 Å². The van der Waals surface area contributed by atoms with E-state index in [1.54, 1.807) is 6.07 Å². The van der Waals surface area contributed by atoms with Crippen molar-refractivity contribution in [1.82, 2.24) is 15.2 Å². The van der Waals surface area contributed by atoms with Crippen molar-refractivity contribution in [1.29, 1.82) is 0 Å². The monoisotopic (exact) mass is 279 g/mol. The highest BCUT2D eigenvalue weighted by Crippen LogP contribution is 2.00. The van der Waals surface area contributed by atoms with E-state index in [9.17, 15) is 9.59 Å². The molecule has 0 aliphatic carbocycles. The number of aryl methyl sites for hydroxylation is 1. The highest BCUT2D eigenvalue weighted by Gasteiger charge is 2.11. The predicted molar refractivity (Wildman–Crippen MR) is 76.0 cm³/mol. The molecule has 0 spiro atoms. The zero-order valence-corrected chi connectivity index (χ0v) is 11.8. The molecule has 0 atom stereocenters. The number of aromatic nitrogens is 1. The second-order valence-electron chi connectivity index (χ2n) is 4.82. The fraction of sp³-hybridized carbons (Fsp3) is 0.571. The molecule has 1 aliphatic heterocycles. The summed E-state index contributed by atoms with van der Waals surface area (Å²) in [5.74, 6) is -0.195. The van der Waals surface area contributed by atoms with Crippen molar-refractivity contribution in [3.05, 3.63) is 33.7 Å². The van der Waals surface area contributed by atoms with Crippen LogP contribution in [-0.4, -0.2) is 55.2 Å². The van der Waals surface area contributed by atoms with Crippen LogP contribution in [0.25, 0.3) is 0 Å². The maximum Gasteiger partial charge on any atom is 0.251 e. The van der Waals surface area contributed by atoms with Crippen LogP contribution >= 0.6 is 0 Å². The summed E-state index contributed by atoms with van der Waals surface area (Å²) in [6.07, 6.45) is 0.699. The zero-order valence-electron chi connectivity index (χ0n) is 11.8. The summed E-state index contributed by atoms with van der Waals surface area (Å²) in [4.78, 5) is 28.4. The third kappa shape index (κ3) is 4.18. The van der Waals surface area contributed by atoms with Crippen LogP contribution in [0.1, 0.15) is 23.0 Å². The Morgan fingerprint density at radius 1 is 1.40 bits per heavy atom. The molecule has 1 aromatic heterocycles. The number of amides is 1. The lowest BCUT2D eigenvalue weighted by atomic mass is 10.2. The number of aromatic amines is 1. The molecule has 0 bridgehead atoms. The number of hydrogen-bond acceptors (Lipinski definition) is 4. The number of rotatable bonds is 5. The quantitative estimate of drug-likeness (QED) is 0.795. The van der Waals surface area contributed by atoms with Crippen LogP contribution in [0.15, 0.2) is 16.9 Å². The number of hydrogen-bond donors (Lipinski definition) is 2. The lowest BCUT2D eigenvalue weighted by Gasteiger charge is -2.26. The molecule has 6 heteroatoms. The molecule has 1 saturated heterocycles. The van der Waals surface area contributed by atoms with Gasteiger partial charge in [-0.3, -0.25) is 14.5 Å². The summed E-state index contributed by atoms with van der Waals surface area (Å²) in [6.45, 7) is 6.63. The highest BCUT2D eigenvalue weighted by molar-refractivity contribution is 5.94. The maximum absolute atomic E-state index is 12.0. The van der Waals surface area contributed by atoms with Crippen LogP contribution < -0.4 is 10.9 Å². The minimum absolute atomic E-state index is 0.195. The molecule has 110 valence electrons. The normalized spacial score (nSPS) is 16.1. The summed E-state index contributed by atoms with van der Waals surface area (Å²) in [7, 11) is 0. The van der Waals surface area contributed by atoms with Gasteiger partial charge in [0.2, 0.25) is 5.56 Å². The summed E-state index contributed by atoms with van der Waals surface area (Å²) >= 11 is 0. The molecule has 0 saturated carbocycles. The van der Waals surface area contributed by atoms with Gasteiger partial charge >= 0.3 is 0 Å². The molecule has 20 heavy (non-hydrogen) atoms. The van der Waals surface area contributed by atoms with Gasteiger partial charge in [0.05, 0.1) is 13.2 Å². The minimum Gasteiger partial charge on any atom is -0.379 e. The topological polar surface area (TPSA) is 74.4 Å². The molecule has 0 radical (unpaired) electrons. The van der Waals surface area contributed by atoms with Crippen LogP contribution in [-0.2, 0) is 11.2 Å². The molecule has 2 rings (SSSR count). The number of H-pyrrole nitrogens is 1. The average Bonchev–Trinajstić information content (AvgIpc) is 2.47. The maximum atomic E-state index is 12.0. The fourth-order valence-corrected chi connectivity index (χ4v) is 2.18. The molecular weight excluding hydrogens is 258 g/mol. The summed E-state index contributed by atoms with van der Waals surface area (Å²) in [5.41, 5.74) is 0.964. The smallest absolute Gasteiger partial charge is 0.251 e. The number of carbonyl (C=O) groups is 1. The van der Waals surface area contributed by atoms with Crippen molar-refractivity contribution >= 4 is 5.91 Å². The van der Waals surface area contributed by atoms with Crippen molar-refractivity contribution in [3.63, 3.8) is 0 Å². The molecule has 0 unspecified atom stereocenters. The Morgan fingerprint density at radius 3 is 2.85 bits per heavy atom. The van der Waals surface area contributed by atoms with E-state index >= 15 is 0 Å². The van der Waals surface area contributed by atoms with Crippen molar-refractivity contribution in [2.45, 2.75) is 13.3 Å². The number of carbonyl (C=O) groups excluding carboxylic acids is 1. The van der Waals surface area contributed by atoms with Gasteiger partial charge < -0.3 is 15.0 Å². The van der Waals surface area contributed by atoms with E-state index in [4.69, 9.17) is 4.74 Å². The number of nitrogens with one attached hydrogen (secondary N) is 2. The van der Waals surface area contributed by atoms with Crippen molar-refractivity contribution < 1.29 is 9.53 Å². The standard InChI is InChI=1S/C14H21N3O3/c1-2-12-9-11(10-13(18)16-12)14(19)15-3-4-17-5-7-20-8-6-17/h9-10H,2-8H2,1H3,(H,15,19)(H,16,18). The Labute approximate surface area is 118 Å². The van der Waals surface area contributed by atoms with E-state index in [1.165, 1.54) is 6.07 Å². The second-order valence-corrected chi connectivity index (χ2v) is 4.82. The van der Waals surface area contributed by atoms with Gasteiger partial charge in [-0.25, -0.2) is 0 Å². The molecule has 1 amide bonds. The van der Waals surface area contributed by atoms with Crippen molar-refractivity contribution in [2.75, 3.05) is 39.4 Å². The molecule has 6 nitrogen and oxygen atoms in total. The van der Waals surface area contributed by atoms with Crippen molar-refractivity contribution in [3.8, 4) is 0 Å². The highest BCUT2D eigenvalue weighted by atomic mass is 16.5. The molecule has 2 N–H and O–H groups in total. The SMILES string of the molecule is CCc1cc(C(=O)NCCN2CCOCC2)cc(=O)[nH]1. The van der Waals surface area contributed by atoms with Gasteiger partial charge in [-0.2, -0.15) is 0 Å². The Kier molecular flexibility index (Phi) is 5.31. The Bertz CT molecular complexity index is 507. The Morgan fingerprint density at radius 2 is 2.15 bits per heavy atom. The molecule has 1 aliphatic rings. The summed E-state index contributed by atoms with van der Waals surface area (Å²) in [6, 6.07) is 3.06. The number of ether oxygens (including phenoxy) is 1. The third-order valence-electron chi connectivity index (χ3n) is 3.36. The third-order valence-corrected chi connectivity index (χ3v) is 3.36. The Balaban J connectivity index is 1.85. The van der Waals surface area contributed by atoms with E-state index < -0.39 is 0 Å². The van der Waals surface area contributed by atoms with Crippen LogP contribution in [0.2, 0.25) is 0 Å². The van der Waals surface area contributed by atoms with E-state index in [-0.39, 0.29) is 11.5 Å². The van der Waals surface area contributed by atoms with Gasteiger partial charge in [0.1, 0.15) is 0 Å². The van der Waals surface area contributed by atoms with Gasteiger partial charge in [0.15, 0.2) is 0 Å². The zero-order chi connectivity index (χ0) is 14.4. The first kappa shape index (κ1) is 14.7. The predicted octanol–water partition coefficient (Wildman–Crippen LogP) is -0.000700. The number of pyridine rings is 1. The fourth-order valence-electron chi connectivity index (χ4n) is 2.18. The van der Waals surface area contributed by atoms with Gasteiger partial charge in [-0.15, -0.1) is 0 Å². The molecular formula is C14H21N3O3. The van der Waals surface area contributed by atoms with E-state index in [0.717, 1.165) is 38.5 Å². The van der Waals surface area contributed by atoms with Crippen LogP contribution in [0.5, 0.6) is 0 Å². The van der Waals surface area contributed by atoms with E-state index in [1.807, 2.05) is 6.92 Å². The minimum atomic E-state index is -0.234. The molecule has 0 aromatic carbocycles. The van der Waals surface area contributed by atoms with Crippen LogP contribution in [0.4, 0.5) is 0 Å².